The average Bonchev–Trinajstić information content (AvgIpc) is 2.91. The van der Waals surface area contributed by atoms with Gasteiger partial charge in [0, 0.05) is 17.0 Å². The number of halogens is 1. The number of hydrogen-bond donors (Lipinski definition) is 2. The third-order valence-electron chi connectivity index (χ3n) is 7.25. The Labute approximate surface area is 218 Å². The van der Waals surface area contributed by atoms with Crippen molar-refractivity contribution < 1.29 is 0 Å². The summed E-state index contributed by atoms with van der Waals surface area (Å²) >= 11 is 6.29. The molecule has 0 bridgehead atoms. The number of nitrogens with zero attached hydrogens (tertiary/aromatic N) is 2. The van der Waals surface area contributed by atoms with Crippen LogP contribution in [0, 0.1) is 18.8 Å². The van der Waals surface area contributed by atoms with Gasteiger partial charge in [0.1, 0.15) is 5.82 Å². The fourth-order valence-corrected chi connectivity index (χ4v) is 5.38. The summed E-state index contributed by atoms with van der Waals surface area (Å²) in [6.45, 7) is 3.82. The van der Waals surface area contributed by atoms with E-state index in [1.54, 1.807) is 0 Å². The summed E-state index contributed by atoms with van der Waals surface area (Å²) in [6, 6.07) is 22.8. The zero-order valence-corrected chi connectivity index (χ0v) is 21.5. The van der Waals surface area contributed by atoms with Crippen molar-refractivity contribution in [1.82, 2.24) is 9.97 Å². The van der Waals surface area contributed by atoms with Crippen molar-refractivity contribution in [2.45, 2.75) is 32.6 Å². The first-order chi connectivity index (χ1) is 17.6. The summed E-state index contributed by atoms with van der Waals surface area (Å²) in [4.78, 5) is 9.64. The number of aromatic nitrogens is 2. The highest BCUT2D eigenvalue weighted by molar-refractivity contribution is 6.31. The van der Waals surface area contributed by atoms with Gasteiger partial charge >= 0.3 is 0 Å². The summed E-state index contributed by atoms with van der Waals surface area (Å²) in [5.74, 6) is 2.79. The van der Waals surface area contributed by atoms with E-state index in [9.17, 15) is 0 Å². The highest BCUT2D eigenvalue weighted by Crippen LogP contribution is 2.30. The van der Waals surface area contributed by atoms with E-state index in [1.165, 1.54) is 42.4 Å². The molecule has 2 unspecified atom stereocenters. The first kappa shape index (κ1) is 24.5. The third kappa shape index (κ3) is 5.77. The molecule has 0 aliphatic heterocycles. The standard InChI is InChI=1S/C31H33ClN4/c1-21-5-2-3-8-27(21)25-12-9-22(10-13-25)11-16-30-35-29-18-26(32)14-15-28(29)31(36-30)34-20-24-7-4-6-23(17-24)19-33/h2-3,5,8-16,18,23-24H,4,6-7,17,19-20,33H2,1H3,(H,34,35,36). The Morgan fingerprint density at radius 3 is 2.58 bits per heavy atom. The summed E-state index contributed by atoms with van der Waals surface area (Å²) in [5.41, 5.74) is 11.6. The van der Waals surface area contributed by atoms with Crippen molar-refractivity contribution in [2.75, 3.05) is 18.4 Å². The van der Waals surface area contributed by atoms with Crippen LogP contribution in [0.4, 0.5) is 5.82 Å². The Kier molecular flexibility index (Phi) is 7.64. The molecule has 1 aliphatic rings. The molecule has 5 heteroatoms. The SMILES string of the molecule is Cc1ccccc1-c1ccc(C=Cc2nc(NCC3CCCC(CN)C3)c3ccc(Cl)cc3n2)cc1. The minimum Gasteiger partial charge on any atom is -0.369 e. The molecule has 1 heterocycles. The van der Waals surface area contributed by atoms with Crippen molar-refractivity contribution in [3.05, 3.63) is 88.7 Å². The van der Waals surface area contributed by atoms with Crippen molar-refractivity contribution in [2.24, 2.45) is 17.6 Å². The maximum atomic E-state index is 6.29. The second kappa shape index (κ2) is 11.2. The van der Waals surface area contributed by atoms with E-state index in [-0.39, 0.29) is 0 Å². The highest BCUT2D eigenvalue weighted by atomic mass is 35.5. The monoisotopic (exact) mass is 496 g/mol. The Balaban J connectivity index is 1.37. The summed E-state index contributed by atoms with van der Waals surface area (Å²) in [5, 5.41) is 5.29. The van der Waals surface area contributed by atoms with Crippen molar-refractivity contribution in [3.8, 4) is 11.1 Å². The van der Waals surface area contributed by atoms with Gasteiger partial charge in [0.25, 0.3) is 0 Å². The van der Waals surface area contributed by atoms with Gasteiger partial charge in [-0.3, -0.25) is 0 Å². The van der Waals surface area contributed by atoms with Crippen molar-refractivity contribution >= 4 is 40.5 Å². The molecule has 0 amide bonds. The number of aryl methyl sites for hydroxylation is 1. The van der Waals surface area contributed by atoms with Crippen LogP contribution < -0.4 is 11.1 Å². The number of nitrogens with two attached hydrogens (primary N) is 1. The fourth-order valence-electron chi connectivity index (χ4n) is 5.21. The molecule has 2 atom stereocenters. The third-order valence-corrected chi connectivity index (χ3v) is 7.49. The smallest absolute Gasteiger partial charge is 0.154 e. The number of fused-ring (bicyclic) bond motifs is 1. The number of nitrogens with one attached hydrogen (secondary N) is 1. The maximum Gasteiger partial charge on any atom is 0.154 e. The Hall–Kier alpha value is -3.21. The van der Waals surface area contributed by atoms with Crippen LogP contribution in [0.2, 0.25) is 5.02 Å². The molecule has 1 fully saturated rings. The number of benzene rings is 3. The van der Waals surface area contributed by atoms with E-state index in [1.807, 2.05) is 24.3 Å². The van der Waals surface area contributed by atoms with E-state index < -0.39 is 0 Å². The van der Waals surface area contributed by atoms with Crippen LogP contribution in [0.3, 0.4) is 0 Å². The molecule has 4 aromatic rings. The fraction of sp³-hybridized carbons (Fsp3) is 0.290. The van der Waals surface area contributed by atoms with E-state index in [4.69, 9.17) is 27.3 Å². The van der Waals surface area contributed by atoms with E-state index in [2.05, 4.69) is 66.8 Å². The van der Waals surface area contributed by atoms with E-state index in [0.717, 1.165) is 35.4 Å². The van der Waals surface area contributed by atoms with E-state index >= 15 is 0 Å². The number of anilines is 1. The van der Waals surface area contributed by atoms with Gasteiger partial charge in [-0.25, -0.2) is 9.97 Å². The molecule has 1 saturated carbocycles. The maximum absolute atomic E-state index is 6.29. The highest BCUT2D eigenvalue weighted by Gasteiger charge is 2.21. The zero-order valence-electron chi connectivity index (χ0n) is 20.8. The quantitative estimate of drug-likeness (QED) is 0.276. The normalized spacial score (nSPS) is 18.1. The molecule has 0 saturated heterocycles. The zero-order chi connectivity index (χ0) is 24.9. The molecule has 36 heavy (non-hydrogen) atoms. The van der Waals surface area contributed by atoms with Crippen LogP contribution in [-0.4, -0.2) is 23.1 Å². The molecular formula is C31H33ClN4. The number of rotatable bonds is 7. The first-order valence-electron chi connectivity index (χ1n) is 12.8. The molecule has 3 N–H and O–H groups in total. The van der Waals surface area contributed by atoms with Gasteiger partial charge in [-0.1, -0.05) is 72.6 Å². The van der Waals surface area contributed by atoms with Gasteiger partial charge in [-0.15, -0.1) is 0 Å². The van der Waals surface area contributed by atoms with Gasteiger partial charge in [0.05, 0.1) is 5.52 Å². The average molecular weight is 497 g/mol. The molecule has 1 aromatic heterocycles. The lowest BCUT2D eigenvalue weighted by Gasteiger charge is -2.28. The lowest BCUT2D eigenvalue weighted by Crippen LogP contribution is -2.26. The lowest BCUT2D eigenvalue weighted by molar-refractivity contribution is 0.281. The van der Waals surface area contributed by atoms with Crippen LogP contribution in [0.15, 0.2) is 66.7 Å². The van der Waals surface area contributed by atoms with Crippen molar-refractivity contribution in [3.63, 3.8) is 0 Å². The van der Waals surface area contributed by atoms with Gasteiger partial charge in [-0.05, 0) is 91.1 Å². The van der Waals surface area contributed by atoms with Crippen molar-refractivity contribution in [1.29, 1.82) is 0 Å². The molecule has 3 aromatic carbocycles. The predicted octanol–water partition coefficient (Wildman–Crippen LogP) is 7.61. The molecular weight excluding hydrogens is 464 g/mol. The topological polar surface area (TPSA) is 63.8 Å². The van der Waals surface area contributed by atoms with Crippen LogP contribution in [0.25, 0.3) is 34.2 Å². The minimum atomic E-state index is 0.621. The Bertz CT molecular complexity index is 1360. The Morgan fingerprint density at radius 1 is 0.972 bits per heavy atom. The molecule has 184 valence electrons. The molecule has 5 rings (SSSR count). The summed E-state index contributed by atoms with van der Waals surface area (Å²) < 4.78 is 0. The molecule has 0 radical (unpaired) electrons. The van der Waals surface area contributed by atoms with Gasteiger partial charge in [0.15, 0.2) is 5.82 Å². The van der Waals surface area contributed by atoms with E-state index in [0.29, 0.717) is 22.7 Å². The van der Waals surface area contributed by atoms with Crippen LogP contribution in [0.5, 0.6) is 0 Å². The van der Waals surface area contributed by atoms with Crippen LogP contribution >= 0.6 is 11.6 Å². The van der Waals surface area contributed by atoms with Gasteiger partial charge in [-0.2, -0.15) is 0 Å². The number of hydrogen-bond acceptors (Lipinski definition) is 4. The van der Waals surface area contributed by atoms with Crippen LogP contribution in [0.1, 0.15) is 42.6 Å². The second-order valence-electron chi connectivity index (χ2n) is 9.88. The molecule has 4 nitrogen and oxygen atoms in total. The second-order valence-corrected chi connectivity index (χ2v) is 10.3. The van der Waals surface area contributed by atoms with Gasteiger partial charge in [0.2, 0.25) is 0 Å². The molecule has 1 aliphatic carbocycles. The van der Waals surface area contributed by atoms with Gasteiger partial charge < -0.3 is 11.1 Å². The summed E-state index contributed by atoms with van der Waals surface area (Å²) in [7, 11) is 0. The minimum absolute atomic E-state index is 0.621. The largest absolute Gasteiger partial charge is 0.369 e. The predicted molar refractivity (Wildman–Crippen MR) is 153 cm³/mol. The molecule has 0 spiro atoms. The van der Waals surface area contributed by atoms with Crippen LogP contribution in [-0.2, 0) is 0 Å². The Morgan fingerprint density at radius 2 is 1.78 bits per heavy atom. The lowest BCUT2D eigenvalue weighted by atomic mass is 9.81. The summed E-state index contributed by atoms with van der Waals surface area (Å²) in [6.07, 6.45) is 8.96. The first-order valence-corrected chi connectivity index (χ1v) is 13.2.